The number of hydrogen-bond acceptors (Lipinski definition) is 5. The monoisotopic (exact) mass is 469 g/mol. The zero-order valence-corrected chi connectivity index (χ0v) is 17.8. The van der Waals surface area contributed by atoms with Crippen molar-refractivity contribution in [2.24, 2.45) is 0 Å². The molecule has 0 atom stereocenters. The molecule has 0 saturated heterocycles. The number of benzene rings is 3. The van der Waals surface area contributed by atoms with Gasteiger partial charge in [-0.3, -0.25) is 0 Å². The highest BCUT2D eigenvalue weighted by Gasteiger charge is 2.25. The Morgan fingerprint density at radius 3 is 2.14 bits per heavy atom. The van der Waals surface area contributed by atoms with E-state index in [0.717, 1.165) is 10.2 Å². The van der Waals surface area contributed by atoms with E-state index >= 15 is 0 Å². The molecule has 1 aromatic heterocycles. The normalized spacial score (nSPS) is 11.4. The van der Waals surface area contributed by atoms with Gasteiger partial charge in [-0.25, -0.2) is 13.1 Å². The van der Waals surface area contributed by atoms with Gasteiger partial charge in [-0.15, -0.1) is 5.10 Å². The van der Waals surface area contributed by atoms with Crippen LogP contribution in [0.2, 0.25) is 0 Å². The highest BCUT2D eigenvalue weighted by molar-refractivity contribution is 9.10. The van der Waals surface area contributed by atoms with Crippen molar-refractivity contribution in [3.63, 3.8) is 0 Å². The topological polar surface area (TPSA) is 74.1 Å². The lowest BCUT2D eigenvalue weighted by molar-refractivity contribution is 0.482. The fraction of sp³-hybridized carbons (Fsp3) is 0.0476. The van der Waals surface area contributed by atoms with Gasteiger partial charge in [-0.2, -0.15) is 0 Å². The Bertz CT molecular complexity index is 1240. The van der Waals surface area contributed by atoms with Gasteiger partial charge in [0.2, 0.25) is 14.9 Å². The van der Waals surface area contributed by atoms with E-state index in [1.807, 2.05) is 30.3 Å². The van der Waals surface area contributed by atoms with Crippen molar-refractivity contribution >= 4 is 25.8 Å². The van der Waals surface area contributed by atoms with Crippen LogP contribution in [0.4, 0.5) is 0 Å². The van der Waals surface area contributed by atoms with E-state index in [1.165, 1.54) is 16.8 Å². The molecule has 0 aliphatic carbocycles. The molecule has 0 aliphatic heterocycles. The van der Waals surface area contributed by atoms with Crippen molar-refractivity contribution in [2.75, 3.05) is 0 Å². The number of sulfone groups is 1. The summed E-state index contributed by atoms with van der Waals surface area (Å²) in [5.41, 5.74) is 1.12. The molecule has 0 unspecified atom stereocenters. The van der Waals surface area contributed by atoms with Crippen LogP contribution in [0.3, 0.4) is 0 Å². The molecule has 0 fully saturated rings. The zero-order valence-electron chi connectivity index (χ0n) is 15.4. The van der Waals surface area contributed by atoms with Gasteiger partial charge < -0.3 is 4.74 Å². The molecular weight excluding hydrogens is 454 g/mol. The lowest BCUT2D eigenvalue weighted by atomic mass is 10.3. The molecule has 3 aromatic carbocycles. The maximum absolute atomic E-state index is 12.9. The molecule has 6 nitrogen and oxygen atoms in total. The highest BCUT2D eigenvalue weighted by atomic mass is 79.9. The van der Waals surface area contributed by atoms with Crippen LogP contribution in [-0.4, -0.2) is 23.4 Å². The molecule has 4 rings (SSSR count). The van der Waals surface area contributed by atoms with Crippen molar-refractivity contribution in [2.45, 2.75) is 16.8 Å². The van der Waals surface area contributed by atoms with E-state index in [0.29, 0.717) is 17.1 Å². The van der Waals surface area contributed by atoms with E-state index in [-0.39, 0.29) is 9.92 Å². The minimum absolute atomic E-state index is 0.0653. The SMILES string of the molecule is Cc1c(S(=O)(=O)c2ccc(Br)cc2)nnn1-c1ccc(Oc2ccccc2)cc1. The molecule has 0 aliphatic rings. The maximum atomic E-state index is 12.9. The third-order valence-corrected chi connectivity index (χ3v) is 6.60. The standard InChI is InChI=1S/C21H16BrN3O3S/c1-15-21(29(26,27)20-13-7-16(22)8-14-20)23-24-25(15)17-9-11-19(12-10-17)28-18-5-3-2-4-6-18/h2-14H,1H3. The Morgan fingerprint density at radius 1 is 0.862 bits per heavy atom. The summed E-state index contributed by atoms with van der Waals surface area (Å²) in [6, 6.07) is 23.1. The second-order valence-electron chi connectivity index (χ2n) is 6.26. The van der Waals surface area contributed by atoms with Crippen molar-refractivity contribution in [1.29, 1.82) is 0 Å². The van der Waals surface area contributed by atoms with E-state index in [1.54, 1.807) is 43.3 Å². The van der Waals surface area contributed by atoms with E-state index in [9.17, 15) is 8.42 Å². The van der Waals surface area contributed by atoms with Crippen LogP contribution in [0.15, 0.2) is 93.3 Å². The number of halogens is 1. The van der Waals surface area contributed by atoms with Crippen LogP contribution in [0.25, 0.3) is 5.69 Å². The summed E-state index contributed by atoms with van der Waals surface area (Å²) in [5, 5.41) is 7.92. The van der Waals surface area contributed by atoms with Gasteiger partial charge in [0.15, 0.2) is 0 Å². The van der Waals surface area contributed by atoms with Crippen molar-refractivity contribution in [3.05, 3.63) is 89.0 Å². The summed E-state index contributed by atoms with van der Waals surface area (Å²) in [6.45, 7) is 1.68. The Morgan fingerprint density at radius 2 is 1.48 bits per heavy atom. The second-order valence-corrected chi connectivity index (χ2v) is 9.04. The minimum Gasteiger partial charge on any atom is -0.457 e. The fourth-order valence-electron chi connectivity index (χ4n) is 2.81. The maximum Gasteiger partial charge on any atom is 0.227 e. The predicted octanol–water partition coefficient (Wildman–Crippen LogP) is 4.96. The summed E-state index contributed by atoms with van der Waals surface area (Å²) >= 11 is 3.31. The molecule has 0 amide bonds. The lowest BCUT2D eigenvalue weighted by Crippen LogP contribution is -2.05. The van der Waals surface area contributed by atoms with Crippen molar-refractivity contribution in [3.8, 4) is 17.2 Å². The molecule has 29 heavy (non-hydrogen) atoms. The lowest BCUT2D eigenvalue weighted by Gasteiger charge is -2.08. The van der Waals surface area contributed by atoms with Gasteiger partial charge in [-0.1, -0.05) is 39.3 Å². The zero-order chi connectivity index (χ0) is 20.4. The molecule has 4 aromatic rings. The molecule has 0 N–H and O–H groups in total. The van der Waals surface area contributed by atoms with Gasteiger partial charge in [0, 0.05) is 4.47 Å². The number of aromatic nitrogens is 3. The molecule has 1 heterocycles. The average molecular weight is 470 g/mol. The van der Waals surface area contributed by atoms with Crippen LogP contribution in [0.5, 0.6) is 11.5 Å². The largest absolute Gasteiger partial charge is 0.457 e. The third-order valence-electron chi connectivity index (χ3n) is 4.29. The molecule has 0 bridgehead atoms. The average Bonchev–Trinajstić information content (AvgIpc) is 3.12. The Hall–Kier alpha value is -2.97. The fourth-order valence-corrected chi connectivity index (χ4v) is 4.42. The first-order valence-electron chi connectivity index (χ1n) is 8.71. The number of nitrogens with zero attached hydrogens (tertiary/aromatic N) is 3. The van der Waals surface area contributed by atoms with Crippen molar-refractivity contribution in [1.82, 2.24) is 15.0 Å². The van der Waals surface area contributed by atoms with E-state index in [2.05, 4.69) is 26.2 Å². The van der Waals surface area contributed by atoms with E-state index in [4.69, 9.17) is 4.74 Å². The first-order chi connectivity index (χ1) is 13.9. The summed E-state index contributed by atoms with van der Waals surface area (Å²) in [4.78, 5) is 0.169. The minimum atomic E-state index is -3.76. The highest BCUT2D eigenvalue weighted by Crippen LogP contribution is 2.26. The smallest absolute Gasteiger partial charge is 0.227 e. The molecular formula is C21H16BrN3O3S. The summed E-state index contributed by atoms with van der Waals surface area (Å²) < 4.78 is 33.9. The summed E-state index contributed by atoms with van der Waals surface area (Å²) in [5.74, 6) is 1.40. The number of para-hydroxylation sites is 1. The van der Waals surface area contributed by atoms with Gasteiger partial charge in [0.1, 0.15) is 11.5 Å². The molecule has 8 heteroatoms. The molecule has 0 radical (unpaired) electrons. The molecule has 0 saturated carbocycles. The Labute approximate surface area is 176 Å². The van der Waals surface area contributed by atoms with Crippen LogP contribution in [-0.2, 0) is 9.84 Å². The number of hydrogen-bond donors (Lipinski definition) is 0. The van der Waals surface area contributed by atoms with Gasteiger partial charge >= 0.3 is 0 Å². The van der Waals surface area contributed by atoms with Gasteiger partial charge in [0.05, 0.1) is 16.3 Å². The number of rotatable bonds is 5. The molecule has 0 spiro atoms. The predicted molar refractivity (Wildman–Crippen MR) is 112 cm³/mol. The summed E-state index contributed by atoms with van der Waals surface area (Å²) in [6.07, 6.45) is 0. The molecule has 146 valence electrons. The Kier molecular flexibility index (Phi) is 5.21. The Balaban J connectivity index is 1.62. The summed E-state index contributed by atoms with van der Waals surface area (Å²) in [7, 11) is -3.76. The van der Waals surface area contributed by atoms with Crippen LogP contribution < -0.4 is 4.74 Å². The van der Waals surface area contributed by atoms with E-state index < -0.39 is 9.84 Å². The first kappa shape index (κ1) is 19.4. The van der Waals surface area contributed by atoms with Gasteiger partial charge in [-0.05, 0) is 67.6 Å². The van der Waals surface area contributed by atoms with Crippen molar-refractivity contribution < 1.29 is 13.2 Å². The van der Waals surface area contributed by atoms with Gasteiger partial charge in [0.25, 0.3) is 0 Å². The second kappa shape index (κ2) is 7.81. The third kappa shape index (κ3) is 3.94. The first-order valence-corrected chi connectivity index (χ1v) is 11.0. The van der Waals surface area contributed by atoms with Crippen LogP contribution >= 0.6 is 15.9 Å². The number of ether oxygens (including phenoxy) is 1. The van der Waals surface area contributed by atoms with Crippen LogP contribution in [0.1, 0.15) is 5.69 Å². The van der Waals surface area contributed by atoms with Crippen LogP contribution in [0, 0.1) is 6.92 Å². The quantitative estimate of drug-likeness (QED) is 0.412.